The Morgan fingerprint density at radius 3 is 2.58 bits per heavy atom. The first-order valence-corrected chi connectivity index (χ1v) is 12.6. The van der Waals surface area contributed by atoms with Gasteiger partial charge in [0.15, 0.2) is 6.61 Å². The van der Waals surface area contributed by atoms with Gasteiger partial charge in [0.05, 0.1) is 32.0 Å². The number of ether oxygens (including phenoxy) is 1. The zero-order valence-corrected chi connectivity index (χ0v) is 19.4. The molecular formula is C22H20F5N5O3S. The summed E-state index contributed by atoms with van der Waals surface area (Å²) in [6.07, 6.45) is -1.86. The van der Waals surface area contributed by atoms with Gasteiger partial charge in [0.25, 0.3) is 5.91 Å². The first-order chi connectivity index (χ1) is 17.0. The number of halogens is 5. The molecule has 0 unspecified atom stereocenters. The number of amides is 1. The van der Waals surface area contributed by atoms with E-state index < -0.39 is 46.6 Å². The van der Waals surface area contributed by atoms with Gasteiger partial charge in [-0.15, -0.1) is 0 Å². The van der Waals surface area contributed by atoms with E-state index >= 15 is 4.39 Å². The number of hydrogen-bond acceptors (Lipinski definition) is 7. The van der Waals surface area contributed by atoms with Crippen LogP contribution in [0.1, 0.15) is 12.8 Å². The molecule has 4 rings (SSSR count). The van der Waals surface area contributed by atoms with E-state index in [0.29, 0.717) is 11.5 Å². The Morgan fingerprint density at radius 2 is 1.86 bits per heavy atom. The standard InChI is InChI=1S/C22H20F5N5O3S/c23-13-3-4-16(18(7-13)35-10-19(33)28-11-22(25,26)27)31-21-20-15(24)8-14(9-17(20)29-12-30-21)32-36(34)5-1-2-6-36/h3-4,7-9,12H,1-2,5-6,10-11H2,(H,28,33)(H,29,30,31). The lowest BCUT2D eigenvalue weighted by molar-refractivity contribution is -0.139. The highest BCUT2D eigenvalue weighted by Crippen LogP contribution is 2.34. The summed E-state index contributed by atoms with van der Waals surface area (Å²) >= 11 is 0. The molecule has 0 aliphatic carbocycles. The van der Waals surface area contributed by atoms with Gasteiger partial charge in [-0.1, -0.05) is 0 Å². The molecule has 0 radical (unpaired) electrons. The van der Waals surface area contributed by atoms with Crippen LogP contribution in [0.25, 0.3) is 10.9 Å². The number of nitrogens with one attached hydrogen (secondary N) is 2. The fourth-order valence-electron chi connectivity index (χ4n) is 3.56. The number of anilines is 2. The molecule has 1 aliphatic heterocycles. The second-order valence-electron chi connectivity index (χ2n) is 7.97. The Hall–Kier alpha value is -3.55. The summed E-state index contributed by atoms with van der Waals surface area (Å²) in [4.78, 5) is 19.7. The van der Waals surface area contributed by atoms with Crippen molar-refractivity contribution in [2.24, 2.45) is 4.36 Å². The molecule has 1 saturated heterocycles. The Kier molecular flexibility index (Phi) is 7.24. The second-order valence-corrected chi connectivity index (χ2v) is 10.5. The lowest BCUT2D eigenvalue weighted by Gasteiger charge is -2.15. The smallest absolute Gasteiger partial charge is 0.405 e. The molecule has 1 amide bonds. The summed E-state index contributed by atoms with van der Waals surface area (Å²) in [7, 11) is -2.43. The van der Waals surface area contributed by atoms with Crippen LogP contribution in [-0.2, 0) is 14.5 Å². The molecule has 0 bridgehead atoms. The Labute approximate surface area is 202 Å². The number of carbonyl (C=O) groups excluding carboxylic acids is 1. The van der Waals surface area contributed by atoms with Crippen molar-refractivity contribution < 1.29 is 35.7 Å². The molecule has 2 aromatic carbocycles. The molecule has 1 aromatic heterocycles. The average Bonchev–Trinajstić information content (AvgIpc) is 3.23. The van der Waals surface area contributed by atoms with Gasteiger partial charge in [0, 0.05) is 23.6 Å². The van der Waals surface area contributed by atoms with Gasteiger partial charge in [-0.3, -0.25) is 4.79 Å². The van der Waals surface area contributed by atoms with Gasteiger partial charge in [0.2, 0.25) is 0 Å². The average molecular weight is 529 g/mol. The third kappa shape index (κ3) is 6.36. The fraction of sp³-hybridized carbons (Fsp3) is 0.318. The molecule has 2 heterocycles. The number of benzene rings is 2. The maximum atomic E-state index is 15.1. The zero-order valence-electron chi connectivity index (χ0n) is 18.6. The van der Waals surface area contributed by atoms with E-state index in [1.54, 1.807) is 5.32 Å². The van der Waals surface area contributed by atoms with Crippen LogP contribution in [-0.4, -0.2) is 50.9 Å². The minimum Gasteiger partial charge on any atom is -0.481 e. The Bertz CT molecular complexity index is 1410. The van der Waals surface area contributed by atoms with Crippen molar-refractivity contribution in [1.29, 1.82) is 0 Å². The molecule has 3 aromatic rings. The summed E-state index contributed by atoms with van der Waals surface area (Å²) in [5.74, 6) is -1.89. The highest BCUT2D eigenvalue weighted by Gasteiger charge is 2.27. The highest BCUT2D eigenvalue weighted by atomic mass is 32.2. The third-order valence-electron chi connectivity index (χ3n) is 5.16. The first-order valence-electron chi connectivity index (χ1n) is 10.7. The largest absolute Gasteiger partial charge is 0.481 e. The number of aromatic nitrogens is 2. The van der Waals surface area contributed by atoms with Crippen LogP contribution in [0.4, 0.5) is 39.1 Å². The van der Waals surface area contributed by atoms with Gasteiger partial charge in [-0.2, -0.15) is 17.5 Å². The maximum absolute atomic E-state index is 15.1. The monoisotopic (exact) mass is 529 g/mol. The van der Waals surface area contributed by atoms with Crippen LogP contribution in [0, 0.1) is 11.6 Å². The summed E-state index contributed by atoms with van der Waals surface area (Å²) < 4.78 is 87.9. The van der Waals surface area contributed by atoms with E-state index in [2.05, 4.69) is 19.6 Å². The molecule has 0 atom stereocenters. The second kappa shape index (κ2) is 10.2. The number of alkyl halides is 3. The lowest BCUT2D eigenvalue weighted by atomic mass is 10.2. The number of nitrogens with zero attached hydrogens (tertiary/aromatic N) is 3. The molecule has 0 spiro atoms. The van der Waals surface area contributed by atoms with E-state index in [0.717, 1.165) is 37.4 Å². The van der Waals surface area contributed by atoms with Crippen LogP contribution in [0.3, 0.4) is 0 Å². The molecule has 8 nitrogen and oxygen atoms in total. The first kappa shape index (κ1) is 25.5. The highest BCUT2D eigenvalue weighted by molar-refractivity contribution is 7.93. The molecular weight excluding hydrogens is 509 g/mol. The Morgan fingerprint density at radius 1 is 1.11 bits per heavy atom. The number of hydrogen-bond donors (Lipinski definition) is 2. The number of carbonyl (C=O) groups is 1. The molecule has 1 aliphatic rings. The van der Waals surface area contributed by atoms with E-state index in [4.69, 9.17) is 4.74 Å². The van der Waals surface area contributed by atoms with Crippen LogP contribution < -0.4 is 15.4 Å². The van der Waals surface area contributed by atoms with Crippen LogP contribution >= 0.6 is 0 Å². The third-order valence-corrected chi connectivity index (χ3v) is 7.56. The topological polar surface area (TPSA) is 106 Å². The minimum absolute atomic E-state index is 0.0212. The molecule has 0 saturated carbocycles. The van der Waals surface area contributed by atoms with Gasteiger partial charge >= 0.3 is 6.18 Å². The minimum atomic E-state index is -4.60. The molecule has 192 valence electrons. The summed E-state index contributed by atoms with van der Waals surface area (Å²) in [5, 5.41) is 4.39. The van der Waals surface area contributed by atoms with Crippen molar-refractivity contribution in [3.8, 4) is 5.75 Å². The number of rotatable bonds is 7. The van der Waals surface area contributed by atoms with Gasteiger partial charge in [0.1, 0.15) is 36.1 Å². The normalized spacial score (nSPS) is 15.0. The number of fused-ring (bicyclic) bond motifs is 1. The van der Waals surface area contributed by atoms with Crippen molar-refractivity contribution >= 4 is 43.7 Å². The van der Waals surface area contributed by atoms with Crippen molar-refractivity contribution in [1.82, 2.24) is 15.3 Å². The van der Waals surface area contributed by atoms with Crippen molar-refractivity contribution in [3.05, 3.63) is 48.3 Å². The van der Waals surface area contributed by atoms with E-state index in [-0.39, 0.29) is 33.8 Å². The molecule has 1 fully saturated rings. The van der Waals surface area contributed by atoms with E-state index in [1.165, 1.54) is 12.1 Å². The SMILES string of the molecule is O=C(COc1cc(F)ccc1Nc1ncnc2cc(N=S3(=O)CCCC3)cc(F)c12)NCC(F)(F)F. The van der Waals surface area contributed by atoms with E-state index in [9.17, 15) is 26.6 Å². The van der Waals surface area contributed by atoms with Crippen LogP contribution in [0.5, 0.6) is 5.75 Å². The quantitative estimate of drug-likeness (QED) is 0.434. The zero-order chi connectivity index (χ0) is 25.9. The molecule has 2 N–H and O–H groups in total. The van der Waals surface area contributed by atoms with Crippen molar-refractivity contribution in [2.45, 2.75) is 19.0 Å². The molecule has 36 heavy (non-hydrogen) atoms. The lowest BCUT2D eigenvalue weighted by Crippen LogP contribution is -2.36. The van der Waals surface area contributed by atoms with Crippen molar-refractivity contribution in [2.75, 3.05) is 30.0 Å². The summed E-state index contributed by atoms with van der Waals surface area (Å²) in [5.41, 5.74) is 0.428. The fourth-order valence-corrected chi connectivity index (χ4v) is 5.74. The maximum Gasteiger partial charge on any atom is 0.405 e. The predicted octanol–water partition coefficient (Wildman–Crippen LogP) is 4.60. The van der Waals surface area contributed by atoms with Gasteiger partial charge < -0.3 is 15.4 Å². The summed E-state index contributed by atoms with van der Waals surface area (Å²) in [6.45, 7) is -2.36. The van der Waals surface area contributed by atoms with Crippen LogP contribution in [0.15, 0.2) is 41.0 Å². The van der Waals surface area contributed by atoms with Gasteiger partial charge in [-0.25, -0.2) is 23.0 Å². The van der Waals surface area contributed by atoms with Gasteiger partial charge in [-0.05, 0) is 31.0 Å². The van der Waals surface area contributed by atoms with E-state index in [1.807, 2.05) is 0 Å². The van der Waals surface area contributed by atoms with Crippen molar-refractivity contribution in [3.63, 3.8) is 0 Å². The molecule has 14 heteroatoms. The predicted molar refractivity (Wildman–Crippen MR) is 123 cm³/mol. The Balaban J connectivity index is 1.59. The summed E-state index contributed by atoms with van der Waals surface area (Å²) in [6, 6.07) is 5.80. The van der Waals surface area contributed by atoms with Crippen LogP contribution in [0.2, 0.25) is 0 Å².